The van der Waals surface area contributed by atoms with Crippen LogP contribution in [-0.2, 0) is 18.3 Å². The van der Waals surface area contributed by atoms with Gasteiger partial charge in [-0.2, -0.15) is 5.10 Å². The summed E-state index contributed by atoms with van der Waals surface area (Å²) < 4.78 is 1.97. The van der Waals surface area contributed by atoms with Gasteiger partial charge in [0.1, 0.15) is 0 Å². The average Bonchev–Trinajstić information content (AvgIpc) is 2.99. The third kappa shape index (κ3) is 3.10. The SMILES string of the molecule is CN(C(=O)CC1CC(c2ccccc2)C1)C1CCCc2c1cnn2C. The molecule has 0 spiro atoms. The fraction of sp³-hybridized carbons (Fsp3) is 0.524. The Balaban J connectivity index is 1.35. The summed E-state index contributed by atoms with van der Waals surface area (Å²) >= 11 is 0. The molecule has 1 atom stereocenters. The van der Waals surface area contributed by atoms with Crippen LogP contribution in [0.25, 0.3) is 0 Å². The van der Waals surface area contributed by atoms with E-state index in [4.69, 9.17) is 0 Å². The first-order chi connectivity index (χ1) is 12.1. The van der Waals surface area contributed by atoms with Gasteiger partial charge in [-0.05, 0) is 49.5 Å². The Hall–Kier alpha value is -2.10. The first kappa shape index (κ1) is 16.4. The van der Waals surface area contributed by atoms with Crippen molar-refractivity contribution in [2.45, 2.75) is 50.5 Å². The number of benzene rings is 1. The number of nitrogens with zero attached hydrogens (tertiary/aromatic N) is 3. The molecule has 25 heavy (non-hydrogen) atoms. The highest BCUT2D eigenvalue weighted by Gasteiger charge is 2.34. The summed E-state index contributed by atoms with van der Waals surface area (Å²) in [6.45, 7) is 0. The minimum Gasteiger partial charge on any atom is -0.339 e. The highest BCUT2D eigenvalue weighted by Crippen LogP contribution is 2.44. The normalized spacial score (nSPS) is 25.1. The van der Waals surface area contributed by atoms with Crippen molar-refractivity contribution in [3.05, 3.63) is 53.3 Å². The second-order valence-electron chi connectivity index (χ2n) is 7.73. The third-order valence-electron chi connectivity index (χ3n) is 6.17. The monoisotopic (exact) mass is 337 g/mol. The van der Waals surface area contributed by atoms with Crippen LogP contribution in [0.1, 0.15) is 60.9 Å². The van der Waals surface area contributed by atoms with Gasteiger partial charge >= 0.3 is 0 Å². The van der Waals surface area contributed by atoms with Crippen LogP contribution in [-0.4, -0.2) is 27.6 Å². The first-order valence-electron chi connectivity index (χ1n) is 9.45. The van der Waals surface area contributed by atoms with Crippen molar-refractivity contribution in [1.29, 1.82) is 0 Å². The molecule has 0 N–H and O–H groups in total. The predicted molar refractivity (Wildman–Crippen MR) is 98.2 cm³/mol. The average molecular weight is 337 g/mol. The summed E-state index contributed by atoms with van der Waals surface area (Å²) in [6, 6.07) is 10.9. The van der Waals surface area contributed by atoms with E-state index in [1.54, 1.807) is 0 Å². The number of aryl methyl sites for hydroxylation is 1. The van der Waals surface area contributed by atoms with E-state index in [0.29, 0.717) is 24.2 Å². The number of carbonyl (C=O) groups excluding carboxylic acids is 1. The van der Waals surface area contributed by atoms with E-state index >= 15 is 0 Å². The Labute approximate surface area is 149 Å². The standard InChI is InChI=1S/C21H27N3O/c1-23(19-9-6-10-20-18(19)14-22-24(20)2)21(25)13-15-11-17(12-15)16-7-4-3-5-8-16/h3-5,7-8,14-15,17,19H,6,9-13H2,1-2H3. The summed E-state index contributed by atoms with van der Waals surface area (Å²) in [7, 11) is 3.98. The molecule has 1 aromatic carbocycles. The predicted octanol–water partition coefficient (Wildman–Crippen LogP) is 3.84. The number of aromatic nitrogens is 2. The molecule has 4 rings (SSSR count). The number of amides is 1. The minimum absolute atomic E-state index is 0.204. The molecule has 1 amide bonds. The minimum atomic E-state index is 0.204. The van der Waals surface area contributed by atoms with Crippen molar-refractivity contribution in [2.75, 3.05) is 7.05 Å². The van der Waals surface area contributed by atoms with E-state index in [0.717, 1.165) is 32.1 Å². The van der Waals surface area contributed by atoms with Crippen molar-refractivity contribution < 1.29 is 4.79 Å². The lowest BCUT2D eigenvalue weighted by Crippen LogP contribution is -2.36. The van der Waals surface area contributed by atoms with Gasteiger partial charge < -0.3 is 4.90 Å². The molecule has 2 aliphatic carbocycles. The Kier molecular flexibility index (Phi) is 4.36. The molecule has 1 aromatic heterocycles. The molecule has 2 aliphatic rings. The van der Waals surface area contributed by atoms with Crippen molar-refractivity contribution in [3.8, 4) is 0 Å². The van der Waals surface area contributed by atoms with E-state index in [1.165, 1.54) is 16.8 Å². The smallest absolute Gasteiger partial charge is 0.223 e. The second-order valence-corrected chi connectivity index (χ2v) is 7.73. The zero-order valence-corrected chi connectivity index (χ0v) is 15.2. The Morgan fingerprint density at radius 1 is 1.28 bits per heavy atom. The molecule has 0 aliphatic heterocycles. The maximum absolute atomic E-state index is 12.8. The highest BCUT2D eigenvalue weighted by atomic mass is 16.2. The number of fused-ring (bicyclic) bond motifs is 1. The van der Waals surface area contributed by atoms with Crippen LogP contribution in [0.4, 0.5) is 0 Å². The molecule has 4 heteroatoms. The van der Waals surface area contributed by atoms with E-state index in [-0.39, 0.29) is 6.04 Å². The first-order valence-corrected chi connectivity index (χ1v) is 9.45. The molecule has 1 fully saturated rings. The molecule has 1 unspecified atom stereocenters. The molecule has 1 saturated carbocycles. The summed E-state index contributed by atoms with van der Waals surface area (Å²) in [6.07, 6.45) is 8.20. The van der Waals surface area contributed by atoms with E-state index in [9.17, 15) is 4.79 Å². The van der Waals surface area contributed by atoms with Crippen LogP contribution in [0.2, 0.25) is 0 Å². The molecular weight excluding hydrogens is 310 g/mol. The topological polar surface area (TPSA) is 38.1 Å². The van der Waals surface area contributed by atoms with Gasteiger partial charge in [0.15, 0.2) is 0 Å². The number of carbonyl (C=O) groups is 1. The largest absolute Gasteiger partial charge is 0.339 e. The molecular formula is C21H27N3O. The lowest BCUT2D eigenvalue weighted by Gasteiger charge is -2.38. The van der Waals surface area contributed by atoms with Gasteiger partial charge in [0.25, 0.3) is 0 Å². The van der Waals surface area contributed by atoms with E-state index < -0.39 is 0 Å². The second kappa shape index (κ2) is 6.66. The number of hydrogen-bond donors (Lipinski definition) is 0. The van der Waals surface area contributed by atoms with Gasteiger partial charge in [-0.25, -0.2) is 0 Å². The molecule has 0 bridgehead atoms. The van der Waals surface area contributed by atoms with Crippen LogP contribution < -0.4 is 0 Å². The summed E-state index contributed by atoms with van der Waals surface area (Å²) in [5.41, 5.74) is 3.97. The lowest BCUT2D eigenvalue weighted by atomic mass is 9.70. The fourth-order valence-corrected chi connectivity index (χ4v) is 4.55. The zero-order chi connectivity index (χ0) is 17.4. The summed E-state index contributed by atoms with van der Waals surface area (Å²) in [5, 5.41) is 4.40. The molecule has 0 radical (unpaired) electrons. The molecule has 2 aromatic rings. The number of hydrogen-bond acceptors (Lipinski definition) is 2. The summed E-state index contributed by atoms with van der Waals surface area (Å²) in [5.74, 6) is 1.47. The Bertz CT molecular complexity index is 746. The highest BCUT2D eigenvalue weighted by molar-refractivity contribution is 5.77. The van der Waals surface area contributed by atoms with Crippen LogP contribution in [0.5, 0.6) is 0 Å². The van der Waals surface area contributed by atoms with Gasteiger partial charge in [0, 0.05) is 31.8 Å². The Morgan fingerprint density at radius 3 is 2.80 bits per heavy atom. The fourth-order valence-electron chi connectivity index (χ4n) is 4.55. The number of rotatable bonds is 4. The van der Waals surface area contributed by atoms with Gasteiger partial charge in [-0.15, -0.1) is 0 Å². The maximum Gasteiger partial charge on any atom is 0.223 e. The molecule has 132 valence electrons. The maximum atomic E-state index is 12.8. The van der Waals surface area contributed by atoms with Crippen LogP contribution in [0.15, 0.2) is 36.5 Å². The van der Waals surface area contributed by atoms with Crippen molar-refractivity contribution in [1.82, 2.24) is 14.7 Å². The van der Waals surface area contributed by atoms with E-state index in [1.807, 2.05) is 29.9 Å². The Morgan fingerprint density at radius 2 is 2.04 bits per heavy atom. The molecule has 1 heterocycles. The van der Waals surface area contributed by atoms with Crippen LogP contribution in [0, 0.1) is 5.92 Å². The molecule has 0 saturated heterocycles. The van der Waals surface area contributed by atoms with Crippen molar-refractivity contribution in [3.63, 3.8) is 0 Å². The van der Waals surface area contributed by atoms with Crippen molar-refractivity contribution >= 4 is 5.91 Å². The van der Waals surface area contributed by atoms with Gasteiger partial charge in [-0.1, -0.05) is 30.3 Å². The summed E-state index contributed by atoms with van der Waals surface area (Å²) in [4.78, 5) is 14.8. The van der Waals surface area contributed by atoms with Gasteiger partial charge in [0.05, 0.1) is 12.2 Å². The zero-order valence-electron chi connectivity index (χ0n) is 15.2. The van der Waals surface area contributed by atoms with E-state index in [2.05, 4.69) is 35.4 Å². The van der Waals surface area contributed by atoms with Gasteiger partial charge in [-0.3, -0.25) is 9.48 Å². The van der Waals surface area contributed by atoms with Crippen LogP contribution in [0.3, 0.4) is 0 Å². The van der Waals surface area contributed by atoms with Crippen molar-refractivity contribution in [2.24, 2.45) is 13.0 Å². The quantitative estimate of drug-likeness (QED) is 0.850. The third-order valence-corrected chi connectivity index (χ3v) is 6.17. The van der Waals surface area contributed by atoms with Gasteiger partial charge in [0.2, 0.25) is 5.91 Å². The van der Waals surface area contributed by atoms with Crippen LogP contribution >= 0.6 is 0 Å². The molecule has 4 nitrogen and oxygen atoms in total. The lowest BCUT2D eigenvalue weighted by molar-refractivity contribution is -0.134.